The van der Waals surface area contributed by atoms with Crippen LogP contribution in [0.15, 0.2) is 60.0 Å². The largest absolute Gasteiger partial charge is 0.494 e. The fraction of sp³-hybridized carbons (Fsp3) is 0.174. The Bertz CT molecular complexity index is 1200. The van der Waals surface area contributed by atoms with Gasteiger partial charge in [-0.2, -0.15) is 9.78 Å². The summed E-state index contributed by atoms with van der Waals surface area (Å²) in [6.45, 7) is 4.17. The molecule has 9 heteroatoms. The Morgan fingerprint density at radius 3 is 2.47 bits per heavy atom. The maximum Gasteiger partial charge on any atom is 0.263 e. The van der Waals surface area contributed by atoms with Crippen LogP contribution in [0.1, 0.15) is 12.6 Å². The van der Waals surface area contributed by atoms with Crippen LogP contribution in [-0.4, -0.2) is 33.9 Å². The van der Waals surface area contributed by atoms with Gasteiger partial charge in [-0.25, -0.2) is 9.37 Å². The number of thiazole rings is 1. The number of amides is 1. The number of nitrogens with zero attached hydrogens (tertiary/aromatic N) is 3. The van der Waals surface area contributed by atoms with Crippen LogP contribution in [0.5, 0.6) is 11.5 Å². The van der Waals surface area contributed by atoms with E-state index in [-0.39, 0.29) is 18.3 Å². The second kappa shape index (κ2) is 9.61. The highest BCUT2D eigenvalue weighted by molar-refractivity contribution is 7.12. The van der Waals surface area contributed by atoms with E-state index < -0.39 is 0 Å². The minimum atomic E-state index is -0.324. The van der Waals surface area contributed by atoms with Gasteiger partial charge < -0.3 is 14.8 Å². The lowest BCUT2D eigenvalue weighted by molar-refractivity contribution is -0.118. The number of hydrogen-bond acceptors (Lipinski definition) is 6. The van der Waals surface area contributed by atoms with Gasteiger partial charge in [0.05, 0.1) is 18.0 Å². The van der Waals surface area contributed by atoms with E-state index in [1.807, 2.05) is 19.2 Å². The Kier molecular flexibility index (Phi) is 6.46. The molecule has 164 valence electrons. The Hall–Kier alpha value is -3.72. The third-order valence-corrected chi connectivity index (χ3v) is 5.23. The van der Waals surface area contributed by atoms with Crippen molar-refractivity contribution in [2.75, 3.05) is 18.5 Å². The molecule has 0 aliphatic heterocycles. The first-order valence-corrected chi connectivity index (χ1v) is 10.8. The van der Waals surface area contributed by atoms with Crippen molar-refractivity contribution in [2.45, 2.75) is 13.8 Å². The van der Waals surface area contributed by atoms with Crippen molar-refractivity contribution in [2.24, 2.45) is 0 Å². The number of ether oxygens (including phenoxy) is 2. The van der Waals surface area contributed by atoms with Crippen molar-refractivity contribution >= 4 is 23.1 Å². The maximum absolute atomic E-state index is 13.2. The first-order chi connectivity index (χ1) is 15.5. The Balaban J connectivity index is 1.43. The zero-order valence-electron chi connectivity index (χ0n) is 17.5. The summed E-state index contributed by atoms with van der Waals surface area (Å²) in [5.74, 6) is 1.17. The highest BCUT2D eigenvalue weighted by atomic mass is 32.1. The summed E-state index contributed by atoms with van der Waals surface area (Å²) in [6.07, 6.45) is 0. The molecular weight excluding hydrogens is 431 g/mol. The second-order valence-corrected chi connectivity index (χ2v) is 7.68. The first kappa shape index (κ1) is 21.5. The molecule has 0 radical (unpaired) electrons. The van der Waals surface area contributed by atoms with Crippen molar-refractivity contribution in [3.63, 3.8) is 0 Å². The molecule has 0 unspecified atom stereocenters. The number of aromatic nitrogens is 3. The number of carbonyl (C=O) groups excluding carboxylic acids is 1. The van der Waals surface area contributed by atoms with Crippen molar-refractivity contribution in [3.05, 3.63) is 71.5 Å². The summed E-state index contributed by atoms with van der Waals surface area (Å²) in [5, 5.41) is 9.70. The van der Waals surface area contributed by atoms with E-state index in [1.54, 1.807) is 47.1 Å². The lowest BCUT2D eigenvalue weighted by atomic mass is 10.2. The van der Waals surface area contributed by atoms with E-state index in [0.717, 1.165) is 17.0 Å². The normalized spacial score (nSPS) is 10.7. The monoisotopic (exact) mass is 452 g/mol. The minimum absolute atomic E-state index is 0.156. The Morgan fingerprint density at radius 2 is 1.78 bits per heavy atom. The molecule has 0 spiro atoms. The number of nitrogens with one attached hydrogen (secondary N) is 1. The van der Waals surface area contributed by atoms with Crippen molar-refractivity contribution in [1.82, 2.24) is 14.8 Å². The Labute approximate surface area is 188 Å². The molecule has 1 amide bonds. The van der Waals surface area contributed by atoms with Gasteiger partial charge in [-0.15, -0.1) is 11.3 Å². The van der Waals surface area contributed by atoms with Crippen molar-refractivity contribution in [1.29, 1.82) is 0 Å². The standard InChI is InChI=1S/C23H21FN4O3S/c1-3-30-18-8-10-19(11-9-18)31-13-22(29)26-21-12-15(2)27-28(21)23-25-20(14-32-23)16-4-6-17(24)7-5-16/h4-12,14H,3,13H2,1-2H3,(H,26,29). The van der Waals surface area contributed by atoms with Crippen LogP contribution in [0.4, 0.5) is 10.2 Å². The fourth-order valence-electron chi connectivity index (χ4n) is 2.98. The van der Waals surface area contributed by atoms with Crippen molar-refractivity contribution in [3.8, 4) is 27.9 Å². The van der Waals surface area contributed by atoms with Crippen LogP contribution in [0, 0.1) is 12.7 Å². The topological polar surface area (TPSA) is 78.3 Å². The molecule has 32 heavy (non-hydrogen) atoms. The van der Waals surface area contributed by atoms with Gasteiger partial charge in [0.1, 0.15) is 23.1 Å². The van der Waals surface area contributed by atoms with Gasteiger partial charge in [0.15, 0.2) is 6.61 Å². The molecule has 0 bridgehead atoms. The van der Waals surface area contributed by atoms with Crippen LogP contribution < -0.4 is 14.8 Å². The summed E-state index contributed by atoms with van der Waals surface area (Å²) in [4.78, 5) is 17.0. The van der Waals surface area contributed by atoms with Crippen LogP contribution in [0.3, 0.4) is 0 Å². The lowest BCUT2D eigenvalue weighted by Gasteiger charge is -2.09. The van der Waals surface area contributed by atoms with Gasteiger partial charge in [0.2, 0.25) is 5.13 Å². The third kappa shape index (κ3) is 5.12. The maximum atomic E-state index is 13.2. The summed E-state index contributed by atoms with van der Waals surface area (Å²) >= 11 is 1.37. The highest BCUT2D eigenvalue weighted by Crippen LogP contribution is 2.26. The van der Waals surface area contributed by atoms with Crippen LogP contribution in [-0.2, 0) is 4.79 Å². The molecule has 2 heterocycles. The molecule has 0 atom stereocenters. The van der Waals surface area contributed by atoms with Crippen LogP contribution in [0.25, 0.3) is 16.4 Å². The molecule has 2 aromatic carbocycles. The molecule has 0 aliphatic rings. The number of halogens is 1. The summed E-state index contributed by atoms with van der Waals surface area (Å²) in [7, 11) is 0. The highest BCUT2D eigenvalue weighted by Gasteiger charge is 2.15. The number of carbonyl (C=O) groups is 1. The Morgan fingerprint density at radius 1 is 1.09 bits per heavy atom. The van der Waals surface area contributed by atoms with Gasteiger partial charge in [0.25, 0.3) is 5.91 Å². The van der Waals surface area contributed by atoms with Gasteiger partial charge in [-0.05, 0) is 62.4 Å². The quantitative estimate of drug-likeness (QED) is 0.413. The lowest BCUT2D eigenvalue weighted by Crippen LogP contribution is -2.21. The predicted octanol–water partition coefficient (Wildman–Crippen LogP) is 4.86. The van der Waals surface area contributed by atoms with Crippen molar-refractivity contribution < 1.29 is 18.7 Å². The van der Waals surface area contributed by atoms with Gasteiger partial charge in [-0.3, -0.25) is 4.79 Å². The predicted molar refractivity (Wildman–Crippen MR) is 121 cm³/mol. The molecule has 7 nitrogen and oxygen atoms in total. The molecule has 0 fully saturated rings. The number of anilines is 1. The summed E-state index contributed by atoms with van der Waals surface area (Å²) in [6, 6.07) is 15.0. The van der Waals surface area contributed by atoms with E-state index in [9.17, 15) is 9.18 Å². The molecule has 0 aliphatic carbocycles. The second-order valence-electron chi connectivity index (χ2n) is 6.85. The SMILES string of the molecule is CCOc1ccc(OCC(=O)Nc2cc(C)nn2-c2nc(-c3ccc(F)cc3)cs2)cc1. The smallest absolute Gasteiger partial charge is 0.263 e. The van der Waals surface area contributed by atoms with E-state index in [4.69, 9.17) is 9.47 Å². The number of aryl methyl sites for hydroxylation is 1. The number of benzene rings is 2. The average molecular weight is 453 g/mol. The average Bonchev–Trinajstić information content (AvgIpc) is 3.41. The van der Waals surface area contributed by atoms with Crippen LogP contribution >= 0.6 is 11.3 Å². The molecule has 0 saturated carbocycles. The molecule has 4 aromatic rings. The van der Waals surface area contributed by atoms with E-state index in [0.29, 0.717) is 29.0 Å². The van der Waals surface area contributed by atoms with Gasteiger partial charge >= 0.3 is 0 Å². The zero-order valence-corrected chi connectivity index (χ0v) is 18.4. The number of hydrogen-bond donors (Lipinski definition) is 1. The summed E-state index contributed by atoms with van der Waals surface area (Å²) in [5.41, 5.74) is 2.23. The molecule has 2 aromatic heterocycles. The summed E-state index contributed by atoms with van der Waals surface area (Å²) < 4.78 is 25.7. The molecular formula is C23H21FN4O3S. The minimum Gasteiger partial charge on any atom is -0.494 e. The zero-order chi connectivity index (χ0) is 22.5. The van der Waals surface area contributed by atoms with E-state index >= 15 is 0 Å². The first-order valence-electron chi connectivity index (χ1n) is 9.96. The molecule has 0 saturated heterocycles. The van der Waals surface area contributed by atoms with Gasteiger partial charge in [-0.1, -0.05) is 0 Å². The third-order valence-electron chi connectivity index (χ3n) is 4.42. The van der Waals surface area contributed by atoms with E-state index in [2.05, 4.69) is 15.4 Å². The number of rotatable bonds is 8. The van der Waals surface area contributed by atoms with E-state index in [1.165, 1.54) is 23.5 Å². The molecule has 1 N–H and O–H groups in total. The van der Waals surface area contributed by atoms with Gasteiger partial charge in [0, 0.05) is 17.0 Å². The fourth-order valence-corrected chi connectivity index (χ4v) is 3.77. The van der Waals surface area contributed by atoms with Crippen LogP contribution in [0.2, 0.25) is 0 Å². The molecule has 4 rings (SSSR count).